The number of nitrogens with zero attached hydrogens (tertiary/aromatic N) is 1. The SMILES string of the molecule is C=C/C(C)=C\C=C\CO/C=C/C=C\C(=C)/C(=C\Cc1ccccc1)c1cccc(C(F)(F)F)c1N=C. The summed E-state index contributed by atoms with van der Waals surface area (Å²) in [7, 11) is 0. The monoisotopic (exact) mass is 489 g/mol. The Bertz CT molecular complexity index is 1200. The second-order valence-electron chi connectivity index (χ2n) is 7.75. The van der Waals surface area contributed by atoms with Crippen LogP contribution in [0.2, 0.25) is 0 Å². The fraction of sp³-hybridized carbons (Fsp3) is 0.129. The molecular weight excluding hydrogens is 459 g/mol. The maximum absolute atomic E-state index is 13.6. The molecule has 0 amide bonds. The molecule has 0 aliphatic rings. The van der Waals surface area contributed by atoms with Crippen molar-refractivity contribution in [2.24, 2.45) is 4.99 Å². The van der Waals surface area contributed by atoms with Crippen LogP contribution in [0.4, 0.5) is 18.9 Å². The molecule has 0 aliphatic heterocycles. The Hall–Kier alpha value is -4.12. The molecule has 0 radical (unpaired) electrons. The van der Waals surface area contributed by atoms with E-state index in [2.05, 4.69) is 24.9 Å². The van der Waals surface area contributed by atoms with E-state index in [4.69, 9.17) is 4.74 Å². The van der Waals surface area contributed by atoms with Crippen LogP contribution < -0.4 is 0 Å². The maximum atomic E-state index is 13.6. The van der Waals surface area contributed by atoms with Crippen molar-refractivity contribution in [3.05, 3.63) is 144 Å². The number of allylic oxidation sites excluding steroid dienone is 10. The third-order valence-electron chi connectivity index (χ3n) is 5.11. The summed E-state index contributed by atoms with van der Waals surface area (Å²) < 4.78 is 46.2. The van der Waals surface area contributed by atoms with Crippen LogP contribution in [0.1, 0.15) is 23.6 Å². The number of hydrogen-bond acceptors (Lipinski definition) is 2. The largest absolute Gasteiger partial charge is 0.497 e. The summed E-state index contributed by atoms with van der Waals surface area (Å²) in [6.07, 6.45) is 11.9. The van der Waals surface area contributed by atoms with Crippen molar-refractivity contribution in [1.82, 2.24) is 0 Å². The molecule has 2 aromatic carbocycles. The minimum atomic E-state index is -4.55. The minimum absolute atomic E-state index is 0.217. The summed E-state index contributed by atoms with van der Waals surface area (Å²) in [5, 5.41) is 0. The number of ether oxygens (including phenoxy) is 1. The van der Waals surface area contributed by atoms with Crippen LogP contribution in [0, 0.1) is 0 Å². The molecule has 0 bridgehead atoms. The molecule has 0 unspecified atom stereocenters. The molecule has 0 spiro atoms. The number of hydrogen-bond donors (Lipinski definition) is 0. The highest BCUT2D eigenvalue weighted by atomic mass is 19.4. The fourth-order valence-corrected chi connectivity index (χ4v) is 3.22. The summed E-state index contributed by atoms with van der Waals surface area (Å²) in [5.41, 5.74) is 2.41. The highest BCUT2D eigenvalue weighted by Gasteiger charge is 2.34. The predicted molar refractivity (Wildman–Crippen MR) is 145 cm³/mol. The zero-order chi connectivity index (χ0) is 26.4. The van der Waals surface area contributed by atoms with Gasteiger partial charge in [0.25, 0.3) is 0 Å². The summed E-state index contributed by atoms with van der Waals surface area (Å²) in [6.45, 7) is 13.5. The van der Waals surface area contributed by atoms with Crippen molar-refractivity contribution < 1.29 is 17.9 Å². The van der Waals surface area contributed by atoms with Gasteiger partial charge in [0, 0.05) is 5.56 Å². The zero-order valence-electron chi connectivity index (χ0n) is 20.3. The van der Waals surface area contributed by atoms with Crippen molar-refractivity contribution in [3.8, 4) is 0 Å². The summed E-state index contributed by atoms with van der Waals surface area (Å²) in [5.74, 6) is 0. The molecule has 0 saturated heterocycles. The van der Waals surface area contributed by atoms with Crippen LogP contribution in [-0.4, -0.2) is 13.3 Å². The van der Waals surface area contributed by atoms with Crippen molar-refractivity contribution in [3.63, 3.8) is 0 Å². The first kappa shape index (κ1) is 28.1. The molecule has 0 saturated carbocycles. The number of para-hydroxylation sites is 1. The van der Waals surface area contributed by atoms with Crippen LogP contribution in [0.15, 0.2) is 133 Å². The van der Waals surface area contributed by atoms with E-state index >= 15 is 0 Å². The van der Waals surface area contributed by atoms with Gasteiger partial charge in [-0.2, -0.15) is 13.2 Å². The van der Waals surface area contributed by atoms with Crippen molar-refractivity contribution in [2.45, 2.75) is 19.5 Å². The molecule has 2 rings (SSSR count). The third kappa shape index (κ3) is 8.91. The van der Waals surface area contributed by atoms with Gasteiger partial charge in [0.15, 0.2) is 0 Å². The number of aliphatic imine (C=N–C) groups is 1. The van der Waals surface area contributed by atoms with E-state index in [1.54, 1.807) is 30.4 Å². The minimum Gasteiger partial charge on any atom is -0.497 e. The first-order chi connectivity index (χ1) is 17.3. The molecule has 186 valence electrons. The number of benzene rings is 2. The van der Waals surface area contributed by atoms with E-state index in [1.807, 2.05) is 61.6 Å². The van der Waals surface area contributed by atoms with Gasteiger partial charge in [-0.1, -0.05) is 97.7 Å². The third-order valence-corrected chi connectivity index (χ3v) is 5.11. The van der Waals surface area contributed by atoms with Crippen LogP contribution >= 0.6 is 0 Å². The Kier molecular flexibility index (Phi) is 11.2. The van der Waals surface area contributed by atoms with Crippen molar-refractivity contribution in [1.29, 1.82) is 0 Å². The van der Waals surface area contributed by atoms with Gasteiger partial charge in [0.05, 0.1) is 17.5 Å². The molecule has 5 heteroatoms. The predicted octanol–water partition coefficient (Wildman–Crippen LogP) is 8.99. The summed E-state index contributed by atoms with van der Waals surface area (Å²) in [4.78, 5) is 3.73. The summed E-state index contributed by atoms with van der Waals surface area (Å²) >= 11 is 0. The molecule has 0 fully saturated rings. The van der Waals surface area contributed by atoms with Gasteiger partial charge in [-0.15, -0.1) is 0 Å². The van der Waals surface area contributed by atoms with Gasteiger partial charge in [-0.3, -0.25) is 4.99 Å². The number of alkyl halides is 3. The van der Waals surface area contributed by atoms with Crippen LogP contribution in [0.5, 0.6) is 0 Å². The van der Waals surface area contributed by atoms with Gasteiger partial charge in [-0.05, 0) is 55.0 Å². The number of halogens is 3. The lowest BCUT2D eigenvalue weighted by Gasteiger charge is -2.16. The van der Waals surface area contributed by atoms with E-state index in [-0.39, 0.29) is 5.69 Å². The number of rotatable bonds is 12. The molecule has 0 aromatic heterocycles. The quantitative estimate of drug-likeness (QED) is 0.126. The molecule has 0 atom stereocenters. The van der Waals surface area contributed by atoms with E-state index in [0.717, 1.165) is 17.2 Å². The van der Waals surface area contributed by atoms with Crippen LogP contribution in [-0.2, 0) is 17.3 Å². The molecule has 2 nitrogen and oxygen atoms in total. The van der Waals surface area contributed by atoms with Gasteiger partial charge >= 0.3 is 6.18 Å². The van der Waals surface area contributed by atoms with Crippen molar-refractivity contribution >= 4 is 18.0 Å². The van der Waals surface area contributed by atoms with Gasteiger partial charge in [-0.25, -0.2) is 0 Å². The van der Waals surface area contributed by atoms with E-state index in [1.165, 1.54) is 12.3 Å². The zero-order valence-corrected chi connectivity index (χ0v) is 20.3. The lowest BCUT2D eigenvalue weighted by Crippen LogP contribution is -2.06. The molecule has 2 aromatic rings. The Morgan fingerprint density at radius 3 is 2.44 bits per heavy atom. The van der Waals surface area contributed by atoms with Gasteiger partial charge in [0.2, 0.25) is 0 Å². The summed E-state index contributed by atoms with van der Waals surface area (Å²) in [6, 6.07) is 13.6. The molecule has 0 aliphatic carbocycles. The van der Waals surface area contributed by atoms with Crippen LogP contribution in [0.3, 0.4) is 0 Å². The lowest BCUT2D eigenvalue weighted by molar-refractivity contribution is -0.137. The first-order valence-electron chi connectivity index (χ1n) is 11.3. The van der Waals surface area contributed by atoms with E-state index in [9.17, 15) is 13.2 Å². The average molecular weight is 490 g/mol. The van der Waals surface area contributed by atoms with Crippen molar-refractivity contribution in [2.75, 3.05) is 6.61 Å². The van der Waals surface area contributed by atoms with Crippen LogP contribution in [0.25, 0.3) is 5.57 Å². The first-order valence-corrected chi connectivity index (χ1v) is 11.3. The smallest absolute Gasteiger partial charge is 0.418 e. The fourth-order valence-electron chi connectivity index (χ4n) is 3.22. The maximum Gasteiger partial charge on any atom is 0.418 e. The second-order valence-corrected chi connectivity index (χ2v) is 7.75. The topological polar surface area (TPSA) is 21.6 Å². The standard InChI is InChI=1S/C31H30F3NO/c1-5-24(2)14-9-11-22-36-23-12-10-15-25(3)27(21-20-26-16-7-6-8-17-26)28-18-13-19-29(30(28)35-4)31(32,33)34/h5-19,21,23H,1,3-4,20,22H2,2H3/b11-9+,15-10-,23-12+,24-14-,27-21+. The molecule has 0 N–H and O–H groups in total. The second kappa shape index (κ2) is 14.3. The normalized spacial score (nSPS) is 13.0. The highest BCUT2D eigenvalue weighted by Crippen LogP contribution is 2.41. The molecule has 36 heavy (non-hydrogen) atoms. The Morgan fingerprint density at radius 2 is 1.78 bits per heavy atom. The Labute approximate surface area is 211 Å². The van der Waals surface area contributed by atoms with Gasteiger partial charge < -0.3 is 4.74 Å². The highest BCUT2D eigenvalue weighted by molar-refractivity contribution is 5.88. The average Bonchev–Trinajstić information content (AvgIpc) is 2.87. The molecule has 0 heterocycles. The van der Waals surface area contributed by atoms with Gasteiger partial charge in [0.1, 0.15) is 6.61 Å². The lowest BCUT2D eigenvalue weighted by atomic mass is 9.93. The Balaban J connectivity index is 2.26. The Morgan fingerprint density at radius 1 is 1.03 bits per heavy atom. The van der Waals surface area contributed by atoms with E-state index in [0.29, 0.717) is 29.7 Å². The molecular formula is C31H30F3NO. The van der Waals surface area contributed by atoms with E-state index < -0.39 is 11.7 Å².